The van der Waals surface area contributed by atoms with Gasteiger partial charge in [0.25, 0.3) is 0 Å². The van der Waals surface area contributed by atoms with Crippen molar-refractivity contribution in [2.45, 2.75) is 26.7 Å². The molecule has 1 N–H and O–H groups in total. The molecule has 1 atom stereocenters. The molecular weight excluding hydrogens is 272 g/mol. The number of hydrogen-bond donors (Lipinski definition) is 1. The number of anilines is 1. The molecule has 0 spiro atoms. The van der Waals surface area contributed by atoms with Crippen LogP contribution in [0.1, 0.15) is 26.7 Å². The normalized spacial score (nSPS) is 18.6. The first kappa shape index (κ1) is 15.2. The fourth-order valence-electron chi connectivity index (χ4n) is 2.59. The summed E-state index contributed by atoms with van der Waals surface area (Å²) in [6.07, 6.45) is 1.75. The smallest absolute Gasteiger partial charge is 0.220 e. The summed E-state index contributed by atoms with van der Waals surface area (Å²) in [7, 11) is 0. The summed E-state index contributed by atoms with van der Waals surface area (Å²) in [6, 6.07) is 7.97. The summed E-state index contributed by atoms with van der Waals surface area (Å²) in [6.45, 7) is 6.97. The Morgan fingerprint density at radius 2 is 2.10 bits per heavy atom. The molecule has 20 heavy (non-hydrogen) atoms. The fourth-order valence-corrected chi connectivity index (χ4v) is 2.71. The average Bonchev–Trinajstić information content (AvgIpc) is 2.85. The second-order valence-corrected chi connectivity index (χ2v) is 6.42. The van der Waals surface area contributed by atoms with Gasteiger partial charge in [0.05, 0.1) is 0 Å². The molecule has 3 nitrogen and oxygen atoms in total. The zero-order valence-electron chi connectivity index (χ0n) is 12.2. The summed E-state index contributed by atoms with van der Waals surface area (Å²) in [5.74, 6) is 1.14. The number of halogens is 1. The Hall–Kier alpha value is -1.22. The SMILES string of the molecule is CC(C)CC(=O)NC[C@@H]1CCN(c2ccc(Cl)cc2)C1. The summed E-state index contributed by atoms with van der Waals surface area (Å²) in [5.41, 5.74) is 1.21. The van der Waals surface area contributed by atoms with Gasteiger partial charge in [-0.05, 0) is 42.5 Å². The number of hydrogen-bond acceptors (Lipinski definition) is 2. The van der Waals surface area contributed by atoms with Gasteiger partial charge in [0.15, 0.2) is 0 Å². The van der Waals surface area contributed by atoms with Gasteiger partial charge in [0.2, 0.25) is 5.91 Å². The summed E-state index contributed by atoms with van der Waals surface area (Å²) in [5, 5.41) is 3.82. The van der Waals surface area contributed by atoms with E-state index in [0.29, 0.717) is 18.3 Å². The molecule has 1 aliphatic rings. The van der Waals surface area contributed by atoms with E-state index >= 15 is 0 Å². The highest BCUT2D eigenvalue weighted by molar-refractivity contribution is 6.30. The molecule has 110 valence electrons. The Kier molecular flexibility index (Phi) is 5.30. The molecule has 0 radical (unpaired) electrons. The van der Waals surface area contributed by atoms with Crippen LogP contribution in [0.4, 0.5) is 5.69 Å². The zero-order valence-corrected chi connectivity index (χ0v) is 13.0. The maximum atomic E-state index is 11.7. The molecule has 1 aliphatic heterocycles. The predicted octanol–water partition coefficient (Wildman–Crippen LogP) is 3.33. The summed E-state index contributed by atoms with van der Waals surface area (Å²) < 4.78 is 0. The fraction of sp³-hybridized carbons (Fsp3) is 0.562. The highest BCUT2D eigenvalue weighted by Gasteiger charge is 2.23. The highest BCUT2D eigenvalue weighted by atomic mass is 35.5. The van der Waals surface area contributed by atoms with E-state index in [2.05, 4.69) is 36.2 Å². The van der Waals surface area contributed by atoms with Gasteiger partial charge >= 0.3 is 0 Å². The van der Waals surface area contributed by atoms with Gasteiger partial charge in [0, 0.05) is 36.8 Å². The molecule has 1 aromatic carbocycles. The predicted molar refractivity (Wildman–Crippen MR) is 84.2 cm³/mol. The van der Waals surface area contributed by atoms with Gasteiger partial charge in [-0.25, -0.2) is 0 Å². The number of amides is 1. The minimum Gasteiger partial charge on any atom is -0.371 e. The summed E-state index contributed by atoms with van der Waals surface area (Å²) in [4.78, 5) is 14.0. The molecule has 1 aromatic rings. The lowest BCUT2D eigenvalue weighted by molar-refractivity contribution is -0.121. The third kappa shape index (κ3) is 4.41. The number of rotatable bonds is 5. The first-order valence-electron chi connectivity index (χ1n) is 7.32. The lowest BCUT2D eigenvalue weighted by atomic mass is 10.1. The minimum absolute atomic E-state index is 0.171. The van der Waals surface area contributed by atoms with E-state index in [-0.39, 0.29) is 5.91 Å². The average molecular weight is 295 g/mol. The van der Waals surface area contributed by atoms with Crippen molar-refractivity contribution in [2.75, 3.05) is 24.5 Å². The van der Waals surface area contributed by atoms with Gasteiger partial charge < -0.3 is 10.2 Å². The quantitative estimate of drug-likeness (QED) is 0.903. The van der Waals surface area contributed by atoms with Crippen LogP contribution in [-0.4, -0.2) is 25.5 Å². The molecule has 0 saturated carbocycles. The van der Waals surface area contributed by atoms with E-state index in [1.165, 1.54) is 5.69 Å². The van der Waals surface area contributed by atoms with Crippen molar-refractivity contribution >= 4 is 23.2 Å². The van der Waals surface area contributed by atoms with Crippen LogP contribution in [0.2, 0.25) is 5.02 Å². The third-order valence-corrected chi connectivity index (χ3v) is 3.91. The first-order chi connectivity index (χ1) is 9.54. The first-order valence-corrected chi connectivity index (χ1v) is 7.69. The second kappa shape index (κ2) is 6.98. The zero-order chi connectivity index (χ0) is 14.5. The third-order valence-electron chi connectivity index (χ3n) is 3.66. The van der Waals surface area contributed by atoms with Crippen molar-refractivity contribution in [3.05, 3.63) is 29.3 Å². The second-order valence-electron chi connectivity index (χ2n) is 5.98. The molecule has 2 rings (SSSR count). The lowest BCUT2D eigenvalue weighted by Crippen LogP contribution is -2.31. The maximum absolute atomic E-state index is 11.7. The van der Waals surface area contributed by atoms with E-state index in [0.717, 1.165) is 31.1 Å². The Labute approximate surface area is 126 Å². The van der Waals surface area contributed by atoms with Crippen molar-refractivity contribution in [1.82, 2.24) is 5.32 Å². The number of benzene rings is 1. The molecule has 0 bridgehead atoms. The van der Waals surface area contributed by atoms with Crippen LogP contribution in [-0.2, 0) is 4.79 Å². The van der Waals surface area contributed by atoms with Gasteiger partial charge in [-0.15, -0.1) is 0 Å². The van der Waals surface area contributed by atoms with Crippen LogP contribution in [0.25, 0.3) is 0 Å². The van der Waals surface area contributed by atoms with E-state index in [9.17, 15) is 4.79 Å². The van der Waals surface area contributed by atoms with Crippen LogP contribution in [0, 0.1) is 11.8 Å². The van der Waals surface area contributed by atoms with Gasteiger partial charge in [-0.2, -0.15) is 0 Å². The Balaban J connectivity index is 1.78. The molecule has 0 aliphatic carbocycles. The molecular formula is C16H23ClN2O. The van der Waals surface area contributed by atoms with Gasteiger partial charge in [-0.1, -0.05) is 25.4 Å². The maximum Gasteiger partial charge on any atom is 0.220 e. The van der Waals surface area contributed by atoms with Crippen molar-refractivity contribution in [3.8, 4) is 0 Å². The minimum atomic E-state index is 0.171. The molecule has 1 fully saturated rings. The number of nitrogens with zero attached hydrogens (tertiary/aromatic N) is 1. The van der Waals surface area contributed by atoms with Crippen LogP contribution >= 0.6 is 11.6 Å². The molecule has 0 unspecified atom stereocenters. The Morgan fingerprint density at radius 1 is 1.40 bits per heavy atom. The molecule has 1 saturated heterocycles. The Morgan fingerprint density at radius 3 is 2.75 bits per heavy atom. The van der Waals surface area contributed by atoms with Crippen LogP contribution < -0.4 is 10.2 Å². The van der Waals surface area contributed by atoms with E-state index in [1.807, 2.05) is 12.1 Å². The monoisotopic (exact) mass is 294 g/mol. The molecule has 1 heterocycles. The topological polar surface area (TPSA) is 32.3 Å². The Bertz CT molecular complexity index is 444. The summed E-state index contributed by atoms with van der Waals surface area (Å²) >= 11 is 5.91. The van der Waals surface area contributed by atoms with Gasteiger partial charge in [0.1, 0.15) is 0 Å². The van der Waals surface area contributed by atoms with Crippen molar-refractivity contribution in [1.29, 1.82) is 0 Å². The van der Waals surface area contributed by atoms with E-state index in [1.54, 1.807) is 0 Å². The lowest BCUT2D eigenvalue weighted by Gasteiger charge is -2.19. The van der Waals surface area contributed by atoms with Gasteiger partial charge in [-0.3, -0.25) is 4.79 Å². The number of nitrogens with one attached hydrogen (secondary N) is 1. The largest absolute Gasteiger partial charge is 0.371 e. The number of carbonyl (C=O) groups is 1. The van der Waals surface area contributed by atoms with Crippen LogP contribution in [0.15, 0.2) is 24.3 Å². The van der Waals surface area contributed by atoms with Crippen molar-refractivity contribution < 1.29 is 4.79 Å². The highest BCUT2D eigenvalue weighted by Crippen LogP contribution is 2.24. The van der Waals surface area contributed by atoms with Crippen molar-refractivity contribution in [2.24, 2.45) is 11.8 Å². The molecule has 4 heteroatoms. The van der Waals surface area contributed by atoms with Crippen LogP contribution in [0.5, 0.6) is 0 Å². The molecule has 1 amide bonds. The van der Waals surface area contributed by atoms with Crippen LogP contribution in [0.3, 0.4) is 0 Å². The van der Waals surface area contributed by atoms with Crippen molar-refractivity contribution in [3.63, 3.8) is 0 Å². The van der Waals surface area contributed by atoms with E-state index < -0.39 is 0 Å². The number of carbonyl (C=O) groups excluding carboxylic acids is 1. The van der Waals surface area contributed by atoms with E-state index in [4.69, 9.17) is 11.6 Å². The standard InChI is InChI=1S/C16H23ClN2O/c1-12(2)9-16(20)18-10-13-7-8-19(11-13)15-5-3-14(17)4-6-15/h3-6,12-13H,7-11H2,1-2H3,(H,18,20)/t13-/m0/s1. The molecule has 0 aromatic heterocycles.